The smallest absolute Gasteiger partial charge is 0.304 e. The van der Waals surface area contributed by atoms with E-state index in [2.05, 4.69) is 4.98 Å². The molecule has 0 aliphatic carbocycles. The molecule has 1 heterocycles. The van der Waals surface area contributed by atoms with Crippen LogP contribution in [-0.4, -0.2) is 21.2 Å². The lowest BCUT2D eigenvalue weighted by molar-refractivity contribution is -0.138. The molecular weight excluding hydrogens is 230 g/mol. The molecule has 96 valence electrons. The quantitative estimate of drug-likeness (QED) is 0.780. The predicted molar refractivity (Wildman–Crippen MR) is 70.0 cm³/mol. The number of carboxylic acids is 1. The number of fused-ring (bicyclic) bond motifs is 1. The highest BCUT2D eigenvalue weighted by molar-refractivity contribution is 5.88. The predicted octanol–water partition coefficient (Wildman–Crippen LogP) is 2.93. The Morgan fingerprint density at radius 1 is 1.39 bits per heavy atom. The number of aliphatic carboxylic acids is 1. The van der Waals surface area contributed by atoms with Gasteiger partial charge in [0.15, 0.2) is 0 Å². The zero-order chi connectivity index (χ0) is 13.5. The summed E-state index contributed by atoms with van der Waals surface area (Å²) in [5.74, 6) is -0.701. The molecule has 2 rings (SSSR count). The average Bonchev–Trinajstić information content (AvgIpc) is 2.57. The zero-order valence-electron chi connectivity index (χ0n) is 10.7. The van der Waals surface area contributed by atoms with Crippen LogP contribution in [0.3, 0.4) is 0 Å². The van der Waals surface area contributed by atoms with E-state index >= 15 is 0 Å². The summed E-state index contributed by atoms with van der Waals surface area (Å²) in [5, 5.41) is 20.0. The van der Waals surface area contributed by atoms with Crippen LogP contribution in [0, 0.1) is 6.92 Å². The molecule has 1 aromatic carbocycles. The molecule has 0 aliphatic heterocycles. The molecule has 3 N–H and O–H groups in total. The number of aryl methyl sites for hydroxylation is 1. The highest BCUT2D eigenvalue weighted by Crippen LogP contribution is 2.38. The summed E-state index contributed by atoms with van der Waals surface area (Å²) >= 11 is 0. The summed E-state index contributed by atoms with van der Waals surface area (Å²) in [6.45, 7) is 5.56. The van der Waals surface area contributed by atoms with Crippen molar-refractivity contribution in [3.8, 4) is 5.75 Å². The number of rotatable bonds is 3. The summed E-state index contributed by atoms with van der Waals surface area (Å²) in [5.41, 5.74) is 1.89. The van der Waals surface area contributed by atoms with Crippen LogP contribution in [0.25, 0.3) is 10.9 Å². The van der Waals surface area contributed by atoms with E-state index in [1.54, 1.807) is 6.07 Å². The van der Waals surface area contributed by atoms with E-state index in [1.807, 2.05) is 32.9 Å². The Labute approximate surface area is 105 Å². The molecule has 4 nitrogen and oxygen atoms in total. The average molecular weight is 247 g/mol. The first kappa shape index (κ1) is 12.5. The monoisotopic (exact) mass is 247 g/mol. The van der Waals surface area contributed by atoms with Crippen molar-refractivity contribution in [2.75, 3.05) is 0 Å². The first-order chi connectivity index (χ1) is 8.31. The number of carboxylic acid groups (broad SMARTS) is 1. The number of H-pyrrole nitrogens is 1. The highest BCUT2D eigenvalue weighted by Gasteiger charge is 2.28. The molecule has 1 aromatic heterocycles. The second kappa shape index (κ2) is 4.05. The Kier molecular flexibility index (Phi) is 2.81. The lowest BCUT2D eigenvalue weighted by atomic mass is 9.80. The number of aromatic nitrogens is 1. The molecule has 0 atom stereocenters. The molecule has 18 heavy (non-hydrogen) atoms. The van der Waals surface area contributed by atoms with Gasteiger partial charge in [0.05, 0.1) is 6.42 Å². The van der Waals surface area contributed by atoms with Crippen molar-refractivity contribution in [1.82, 2.24) is 4.98 Å². The lowest BCUT2D eigenvalue weighted by Gasteiger charge is -2.24. The molecule has 0 fully saturated rings. The van der Waals surface area contributed by atoms with Crippen molar-refractivity contribution < 1.29 is 15.0 Å². The topological polar surface area (TPSA) is 73.3 Å². The van der Waals surface area contributed by atoms with Crippen molar-refractivity contribution in [3.63, 3.8) is 0 Å². The number of phenolic OH excluding ortho intramolecular Hbond substituents is 1. The third kappa shape index (κ3) is 2.06. The van der Waals surface area contributed by atoms with Crippen LogP contribution in [0.2, 0.25) is 0 Å². The van der Waals surface area contributed by atoms with Gasteiger partial charge in [-0.2, -0.15) is 0 Å². The van der Waals surface area contributed by atoms with Gasteiger partial charge in [-0.05, 0) is 19.1 Å². The Morgan fingerprint density at radius 2 is 2.06 bits per heavy atom. The van der Waals surface area contributed by atoms with E-state index in [-0.39, 0.29) is 12.2 Å². The van der Waals surface area contributed by atoms with Gasteiger partial charge < -0.3 is 15.2 Å². The van der Waals surface area contributed by atoms with Gasteiger partial charge in [-0.15, -0.1) is 0 Å². The maximum absolute atomic E-state index is 10.9. The summed E-state index contributed by atoms with van der Waals surface area (Å²) in [6, 6.07) is 5.53. The maximum atomic E-state index is 10.9. The van der Waals surface area contributed by atoms with Crippen LogP contribution in [0.4, 0.5) is 0 Å². The van der Waals surface area contributed by atoms with Crippen LogP contribution >= 0.6 is 0 Å². The van der Waals surface area contributed by atoms with Gasteiger partial charge in [0.2, 0.25) is 0 Å². The van der Waals surface area contributed by atoms with Crippen molar-refractivity contribution in [3.05, 3.63) is 29.5 Å². The molecule has 0 unspecified atom stereocenters. The molecule has 0 spiro atoms. The minimum absolute atomic E-state index is 0.0184. The Balaban J connectivity index is 2.57. The van der Waals surface area contributed by atoms with Gasteiger partial charge in [0, 0.05) is 27.6 Å². The van der Waals surface area contributed by atoms with E-state index in [0.29, 0.717) is 5.56 Å². The van der Waals surface area contributed by atoms with Crippen molar-refractivity contribution in [2.45, 2.75) is 32.6 Å². The Hall–Kier alpha value is -1.97. The van der Waals surface area contributed by atoms with Gasteiger partial charge >= 0.3 is 5.97 Å². The third-order valence-corrected chi connectivity index (χ3v) is 3.23. The molecule has 0 radical (unpaired) electrons. The summed E-state index contributed by atoms with van der Waals surface area (Å²) < 4.78 is 0. The fourth-order valence-corrected chi connectivity index (χ4v) is 2.35. The van der Waals surface area contributed by atoms with E-state index in [0.717, 1.165) is 16.6 Å². The van der Waals surface area contributed by atoms with E-state index in [9.17, 15) is 9.90 Å². The summed E-state index contributed by atoms with van der Waals surface area (Å²) in [4.78, 5) is 14.0. The van der Waals surface area contributed by atoms with Gasteiger partial charge in [-0.25, -0.2) is 0 Å². The maximum Gasteiger partial charge on any atom is 0.304 e. The van der Waals surface area contributed by atoms with Crippen LogP contribution in [-0.2, 0) is 10.2 Å². The number of phenols is 1. The molecule has 4 heteroatoms. The molecule has 0 aliphatic rings. The van der Waals surface area contributed by atoms with Crippen molar-refractivity contribution >= 4 is 16.9 Å². The van der Waals surface area contributed by atoms with Crippen LogP contribution < -0.4 is 0 Å². The number of aromatic hydroxyl groups is 1. The minimum Gasteiger partial charge on any atom is -0.507 e. The molecular formula is C14H17NO3. The molecule has 2 aromatic rings. The van der Waals surface area contributed by atoms with Gasteiger partial charge in [-0.1, -0.05) is 19.9 Å². The third-order valence-electron chi connectivity index (χ3n) is 3.23. The highest BCUT2D eigenvalue weighted by atomic mass is 16.4. The SMILES string of the molecule is Cc1cc2c(O)c(C(C)(C)CC(=O)O)ccc2[nH]1. The zero-order valence-corrected chi connectivity index (χ0v) is 10.7. The number of aromatic amines is 1. The largest absolute Gasteiger partial charge is 0.507 e. The molecule has 0 bridgehead atoms. The Bertz CT molecular complexity index is 611. The molecule has 0 amide bonds. The molecule has 0 saturated carbocycles. The number of benzene rings is 1. The second-order valence-electron chi connectivity index (χ2n) is 5.33. The number of hydrogen-bond donors (Lipinski definition) is 3. The number of hydrogen-bond acceptors (Lipinski definition) is 2. The first-order valence-electron chi connectivity index (χ1n) is 5.85. The van der Waals surface area contributed by atoms with Crippen LogP contribution in [0.5, 0.6) is 5.75 Å². The summed E-state index contributed by atoms with van der Waals surface area (Å²) in [7, 11) is 0. The molecule has 0 saturated heterocycles. The summed E-state index contributed by atoms with van der Waals surface area (Å²) in [6.07, 6.45) is -0.0184. The number of carbonyl (C=O) groups is 1. The minimum atomic E-state index is -0.871. The van der Waals surface area contributed by atoms with Gasteiger partial charge in [0.1, 0.15) is 5.75 Å². The number of nitrogens with one attached hydrogen (secondary N) is 1. The van der Waals surface area contributed by atoms with Gasteiger partial charge in [0.25, 0.3) is 0 Å². The van der Waals surface area contributed by atoms with Crippen molar-refractivity contribution in [1.29, 1.82) is 0 Å². The second-order valence-corrected chi connectivity index (χ2v) is 5.33. The van der Waals surface area contributed by atoms with E-state index in [1.165, 1.54) is 0 Å². The standard InChI is InChI=1S/C14H17NO3/c1-8-6-9-11(15-8)5-4-10(13(9)18)14(2,3)7-12(16)17/h4-6,15,18H,7H2,1-3H3,(H,16,17). The Morgan fingerprint density at radius 3 is 2.67 bits per heavy atom. The van der Waals surface area contributed by atoms with Crippen molar-refractivity contribution in [2.24, 2.45) is 0 Å². The van der Waals surface area contributed by atoms with E-state index < -0.39 is 11.4 Å². The normalized spacial score (nSPS) is 11.9. The first-order valence-corrected chi connectivity index (χ1v) is 5.85. The van der Waals surface area contributed by atoms with Crippen LogP contribution in [0.1, 0.15) is 31.5 Å². The van der Waals surface area contributed by atoms with Crippen LogP contribution in [0.15, 0.2) is 18.2 Å². The fourth-order valence-electron chi connectivity index (χ4n) is 2.35. The van der Waals surface area contributed by atoms with Gasteiger partial charge in [-0.3, -0.25) is 4.79 Å². The fraction of sp³-hybridized carbons (Fsp3) is 0.357. The lowest BCUT2D eigenvalue weighted by Crippen LogP contribution is -2.21. The van der Waals surface area contributed by atoms with E-state index in [4.69, 9.17) is 5.11 Å².